The lowest BCUT2D eigenvalue weighted by Gasteiger charge is -2.35. The minimum absolute atomic E-state index is 0.0115. The minimum atomic E-state index is -0.786. The number of hydrogen-bond donors (Lipinski definition) is 1. The summed E-state index contributed by atoms with van der Waals surface area (Å²) in [5.41, 5.74) is 3.20. The van der Waals surface area contributed by atoms with Gasteiger partial charge < -0.3 is 19.0 Å². The normalized spacial score (nSPS) is 30.1. The Morgan fingerprint density at radius 2 is 1.73 bits per heavy atom. The summed E-state index contributed by atoms with van der Waals surface area (Å²) in [4.78, 5) is 12.6. The molecule has 3 heterocycles. The lowest BCUT2D eigenvalue weighted by atomic mass is 9.84. The fourth-order valence-corrected chi connectivity index (χ4v) is 5.31. The van der Waals surface area contributed by atoms with Crippen LogP contribution in [0.3, 0.4) is 0 Å². The van der Waals surface area contributed by atoms with E-state index in [-0.39, 0.29) is 29.5 Å². The maximum atomic E-state index is 12.6. The highest BCUT2D eigenvalue weighted by Gasteiger charge is 2.67. The third-order valence-corrected chi connectivity index (χ3v) is 7.37. The van der Waals surface area contributed by atoms with Crippen LogP contribution < -0.4 is 15.1 Å². The highest BCUT2D eigenvalue weighted by atomic mass is 16.5. The summed E-state index contributed by atoms with van der Waals surface area (Å²) in [5.74, 6) is 1.44. The van der Waals surface area contributed by atoms with Crippen molar-refractivity contribution in [3.05, 3.63) is 57.9 Å². The molecule has 0 spiro atoms. The molecule has 2 aromatic carbocycles. The van der Waals surface area contributed by atoms with E-state index < -0.39 is 11.7 Å². The van der Waals surface area contributed by atoms with Crippen molar-refractivity contribution >= 4 is 11.0 Å². The number of rotatable bonds is 1. The SMILES string of the molecule is C[C@@H]1[C@H](O)c2c(c3c(c4c(-c5ccccc5)cc(=O)oc24)O[C@@H]2C3C2(C)C)O[C@@H]1C. The van der Waals surface area contributed by atoms with Gasteiger partial charge in [0.1, 0.15) is 23.7 Å². The maximum absolute atomic E-state index is 12.6. The van der Waals surface area contributed by atoms with Crippen LogP contribution in [0.25, 0.3) is 22.1 Å². The second-order valence-corrected chi connectivity index (χ2v) is 9.50. The van der Waals surface area contributed by atoms with Crippen molar-refractivity contribution in [2.24, 2.45) is 11.3 Å². The Hall–Kier alpha value is -2.79. The van der Waals surface area contributed by atoms with E-state index in [1.807, 2.05) is 44.2 Å². The van der Waals surface area contributed by atoms with Crippen molar-refractivity contribution in [1.29, 1.82) is 0 Å². The molecule has 6 rings (SSSR count). The van der Waals surface area contributed by atoms with Gasteiger partial charge in [0, 0.05) is 34.4 Å². The molecule has 0 saturated heterocycles. The van der Waals surface area contributed by atoms with Crippen molar-refractivity contribution in [2.75, 3.05) is 0 Å². The Balaban J connectivity index is 1.77. The molecule has 5 heteroatoms. The van der Waals surface area contributed by atoms with Crippen LogP contribution in [0.2, 0.25) is 0 Å². The topological polar surface area (TPSA) is 68.9 Å². The van der Waals surface area contributed by atoms with Gasteiger partial charge in [0.25, 0.3) is 0 Å². The monoisotopic (exact) mass is 404 g/mol. The Morgan fingerprint density at radius 1 is 1.00 bits per heavy atom. The summed E-state index contributed by atoms with van der Waals surface area (Å²) in [5, 5.41) is 12.0. The standard InChI is InChI=1S/C25H24O5/c1-11-12(2)28-23-17-19-24(25(19,3)4)30-21(17)16-14(13-8-6-5-7-9-13)10-15(26)29-22(16)18(23)20(11)27/h5-12,19-20,24,27H,1-4H3/t11-,12+,19?,20-,24+/m0/s1. The van der Waals surface area contributed by atoms with Gasteiger partial charge in [-0.2, -0.15) is 0 Å². The molecule has 5 atom stereocenters. The van der Waals surface area contributed by atoms with E-state index in [0.717, 1.165) is 27.8 Å². The van der Waals surface area contributed by atoms with Crippen LogP contribution in [-0.4, -0.2) is 17.3 Å². The van der Waals surface area contributed by atoms with E-state index >= 15 is 0 Å². The molecule has 1 unspecified atom stereocenters. The number of aliphatic hydroxyl groups is 1. The highest BCUT2D eigenvalue weighted by molar-refractivity contribution is 6.03. The molecule has 154 valence electrons. The largest absolute Gasteiger partial charge is 0.489 e. The number of aliphatic hydroxyl groups excluding tert-OH is 1. The van der Waals surface area contributed by atoms with Gasteiger partial charge in [0.15, 0.2) is 5.58 Å². The molecular formula is C25H24O5. The summed E-state index contributed by atoms with van der Waals surface area (Å²) in [6.07, 6.45) is -0.876. The first kappa shape index (κ1) is 18.0. The smallest absolute Gasteiger partial charge is 0.336 e. The molecule has 5 nitrogen and oxygen atoms in total. The van der Waals surface area contributed by atoms with Gasteiger partial charge in [0.05, 0.1) is 17.1 Å². The first-order valence-electron chi connectivity index (χ1n) is 10.5. The van der Waals surface area contributed by atoms with Crippen molar-refractivity contribution in [3.63, 3.8) is 0 Å². The minimum Gasteiger partial charge on any atom is -0.489 e. The van der Waals surface area contributed by atoms with E-state index in [2.05, 4.69) is 13.8 Å². The zero-order valence-electron chi connectivity index (χ0n) is 17.4. The van der Waals surface area contributed by atoms with Gasteiger partial charge in [-0.25, -0.2) is 4.79 Å². The van der Waals surface area contributed by atoms with Gasteiger partial charge in [-0.1, -0.05) is 51.1 Å². The summed E-state index contributed by atoms with van der Waals surface area (Å²) < 4.78 is 18.5. The highest BCUT2D eigenvalue weighted by Crippen LogP contribution is 2.71. The Labute approximate surface area is 174 Å². The predicted molar refractivity (Wildman–Crippen MR) is 113 cm³/mol. The van der Waals surface area contributed by atoms with Crippen LogP contribution in [0.1, 0.15) is 50.8 Å². The Bertz CT molecular complexity index is 1260. The predicted octanol–water partition coefficient (Wildman–Crippen LogP) is 4.79. The molecule has 3 aromatic rings. The number of hydrogen-bond acceptors (Lipinski definition) is 5. The first-order valence-corrected chi connectivity index (χ1v) is 10.5. The van der Waals surface area contributed by atoms with E-state index in [1.165, 1.54) is 6.07 Å². The molecule has 1 saturated carbocycles. The fourth-order valence-electron chi connectivity index (χ4n) is 5.31. The van der Waals surface area contributed by atoms with Crippen molar-refractivity contribution in [2.45, 2.75) is 51.9 Å². The third kappa shape index (κ3) is 2.13. The number of benzene rings is 2. The Kier molecular flexibility index (Phi) is 3.40. The molecule has 1 N–H and O–H groups in total. The summed E-state index contributed by atoms with van der Waals surface area (Å²) >= 11 is 0. The van der Waals surface area contributed by atoms with Crippen LogP contribution in [0, 0.1) is 11.3 Å². The first-order chi connectivity index (χ1) is 14.3. The quantitative estimate of drug-likeness (QED) is 0.591. The average molecular weight is 404 g/mol. The van der Waals surface area contributed by atoms with E-state index in [9.17, 15) is 9.90 Å². The fraction of sp³-hybridized carbons (Fsp3) is 0.400. The maximum Gasteiger partial charge on any atom is 0.336 e. The van der Waals surface area contributed by atoms with Gasteiger partial charge in [-0.3, -0.25) is 0 Å². The molecule has 0 radical (unpaired) electrons. The van der Waals surface area contributed by atoms with E-state index in [1.54, 1.807) is 0 Å². The summed E-state index contributed by atoms with van der Waals surface area (Å²) in [7, 11) is 0. The second-order valence-electron chi connectivity index (χ2n) is 9.50. The summed E-state index contributed by atoms with van der Waals surface area (Å²) in [6, 6.07) is 11.3. The molecule has 30 heavy (non-hydrogen) atoms. The van der Waals surface area contributed by atoms with Gasteiger partial charge >= 0.3 is 5.63 Å². The van der Waals surface area contributed by atoms with Gasteiger partial charge in [-0.15, -0.1) is 0 Å². The molecule has 1 aliphatic carbocycles. The summed E-state index contributed by atoms with van der Waals surface area (Å²) in [6.45, 7) is 8.30. The zero-order valence-corrected chi connectivity index (χ0v) is 17.4. The van der Waals surface area contributed by atoms with Crippen molar-refractivity contribution < 1.29 is 19.0 Å². The third-order valence-electron chi connectivity index (χ3n) is 7.37. The van der Waals surface area contributed by atoms with E-state index in [0.29, 0.717) is 16.9 Å². The van der Waals surface area contributed by atoms with Crippen LogP contribution >= 0.6 is 0 Å². The molecule has 1 fully saturated rings. The molecule has 3 aliphatic rings. The zero-order chi connectivity index (χ0) is 20.9. The van der Waals surface area contributed by atoms with Crippen molar-refractivity contribution in [1.82, 2.24) is 0 Å². The van der Waals surface area contributed by atoms with E-state index in [4.69, 9.17) is 13.9 Å². The molecule has 2 aliphatic heterocycles. The van der Waals surface area contributed by atoms with Gasteiger partial charge in [-0.05, 0) is 12.5 Å². The van der Waals surface area contributed by atoms with Crippen LogP contribution in [0.4, 0.5) is 0 Å². The molecule has 0 amide bonds. The second kappa shape index (κ2) is 5.67. The van der Waals surface area contributed by atoms with Crippen LogP contribution in [0.5, 0.6) is 11.5 Å². The van der Waals surface area contributed by atoms with Crippen molar-refractivity contribution in [3.8, 4) is 22.6 Å². The lowest BCUT2D eigenvalue weighted by molar-refractivity contribution is 0.0171. The average Bonchev–Trinajstić information content (AvgIpc) is 3.06. The van der Waals surface area contributed by atoms with Crippen LogP contribution in [-0.2, 0) is 0 Å². The number of fused-ring (bicyclic) bond motifs is 8. The van der Waals surface area contributed by atoms with Crippen LogP contribution in [0.15, 0.2) is 45.6 Å². The lowest BCUT2D eigenvalue weighted by Crippen LogP contribution is -2.33. The Morgan fingerprint density at radius 3 is 2.47 bits per heavy atom. The molecule has 1 aromatic heterocycles. The number of ether oxygens (including phenoxy) is 2. The molecular weight excluding hydrogens is 380 g/mol. The molecule has 0 bridgehead atoms. The van der Waals surface area contributed by atoms with Gasteiger partial charge in [0.2, 0.25) is 0 Å².